The maximum Gasteiger partial charge on any atom is 0.341 e. The number of imidazole rings is 1. The molecule has 7 heteroatoms. The third-order valence-electron chi connectivity index (χ3n) is 4.64. The Morgan fingerprint density at radius 3 is 2.70 bits per heavy atom. The number of pyridine rings is 1. The van der Waals surface area contributed by atoms with Crippen LogP contribution in [0.2, 0.25) is 0 Å². The monoisotopic (exact) mass is 419 g/mol. The number of carbonyl (C=O) groups is 2. The molecule has 0 aliphatic carbocycles. The molecule has 0 spiro atoms. The zero-order valence-electron chi connectivity index (χ0n) is 16.7. The molecule has 0 atom stereocenters. The lowest BCUT2D eigenvalue weighted by Crippen LogP contribution is -2.16. The molecule has 1 aromatic carbocycles. The zero-order chi connectivity index (χ0) is 21.1. The molecular formula is C23H21N3O3S. The smallest absolute Gasteiger partial charge is 0.341 e. The first-order chi connectivity index (χ1) is 14.5. The molecular weight excluding hydrogens is 398 g/mol. The topological polar surface area (TPSA) is 72.7 Å². The number of nitrogens with one attached hydrogen (secondary N) is 1. The third kappa shape index (κ3) is 4.11. The van der Waals surface area contributed by atoms with E-state index in [-0.39, 0.29) is 18.9 Å². The van der Waals surface area contributed by atoms with Gasteiger partial charge in [0.25, 0.3) is 0 Å². The van der Waals surface area contributed by atoms with Crippen molar-refractivity contribution >= 4 is 33.9 Å². The molecule has 0 radical (unpaired) electrons. The van der Waals surface area contributed by atoms with Crippen LogP contribution in [0.5, 0.6) is 0 Å². The van der Waals surface area contributed by atoms with Crippen LogP contribution in [0.15, 0.2) is 60.2 Å². The molecule has 3 aromatic heterocycles. The van der Waals surface area contributed by atoms with E-state index in [2.05, 4.69) is 10.3 Å². The van der Waals surface area contributed by atoms with Gasteiger partial charge in [-0.1, -0.05) is 35.9 Å². The van der Waals surface area contributed by atoms with E-state index in [0.717, 1.165) is 22.3 Å². The molecule has 0 unspecified atom stereocenters. The number of aromatic nitrogens is 2. The molecule has 4 aromatic rings. The Labute approximate surface area is 178 Å². The number of hydrogen-bond acceptors (Lipinski definition) is 5. The summed E-state index contributed by atoms with van der Waals surface area (Å²) in [6, 6.07) is 13.6. The van der Waals surface area contributed by atoms with Crippen LogP contribution in [0.1, 0.15) is 28.5 Å². The summed E-state index contributed by atoms with van der Waals surface area (Å²) in [7, 11) is 0. The van der Waals surface area contributed by atoms with Crippen LogP contribution in [-0.4, -0.2) is 27.9 Å². The summed E-state index contributed by atoms with van der Waals surface area (Å²) in [5, 5.41) is 5.23. The van der Waals surface area contributed by atoms with Gasteiger partial charge in [0, 0.05) is 23.3 Å². The second-order valence-corrected chi connectivity index (χ2v) is 7.74. The first-order valence-electron chi connectivity index (χ1n) is 9.63. The second-order valence-electron chi connectivity index (χ2n) is 6.86. The van der Waals surface area contributed by atoms with Crippen molar-refractivity contribution in [1.29, 1.82) is 0 Å². The van der Waals surface area contributed by atoms with E-state index in [1.165, 1.54) is 11.3 Å². The van der Waals surface area contributed by atoms with Crippen molar-refractivity contribution in [2.45, 2.75) is 20.3 Å². The molecule has 1 amide bonds. The van der Waals surface area contributed by atoms with Crippen LogP contribution in [0.25, 0.3) is 16.8 Å². The van der Waals surface area contributed by atoms with Crippen molar-refractivity contribution in [3.05, 3.63) is 77.1 Å². The van der Waals surface area contributed by atoms with Gasteiger partial charge in [0.05, 0.1) is 18.7 Å². The highest BCUT2D eigenvalue weighted by molar-refractivity contribution is 7.15. The largest absolute Gasteiger partial charge is 0.462 e. The van der Waals surface area contributed by atoms with E-state index in [9.17, 15) is 9.59 Å². The van der Waals surface area contributed by atoms with Crippen LogP contribution in [0.4, 0.5) is 5.00 Å². The Hall–Kier alpha value is -3.45. The molecule has 0 saturated carbocycles. The van der Waals surface area contributed by atoms with E-state index < -0.39 is 5.97 Å². The number of anilines is 1. The summed E-state index contributed by atoms with van der Waals surface area (Å²) in [5.74, 6) is -0.682. The highest BCUT2D eigenvalue weighted by Gasteiger charge is 2.23. The molecule has 1 N–H and O–H groups in total. The normalized spacial score (nSPS) is 10.9. The standard InChI is InChI=1S/C23H21N3O3S/c1-3-29-23(28)21-18(16-9-7-15(2)8-10-16)14-30-22(21)25-20(27)12-17-13-26-11-5-4-6-19(26)24-17/h4-11,13-14H,3,12H2,1-2H3,(H,25,27). The van der Waals surface area contributed by atoms with Crippen molar-refractivity contribution in [2.75, 3.05) is 11.9 Å². The van der Waals surface area contributed by atoms with Gasteiger partial charge in [-0.2, -0.15) is 0 Å². The second kappa shape index (κ2) is 8.51. The molecule has 0 bridgehead atoms. The van der Waals surface area contributed by atoms with Gasteiger partial charge in [-0.3, -0.25) is 4.79 Å². The lowest BCUT2D eigenvalue weighted by atomic mass is 10.0. The first kappa shape index (κ1) is 19.8. The van der Waals surface area contributed by atoms with E-state index in [0.29, 0.717) is 16.3 Å². The van der Waals surface area contributed by atoms with Gasteiger partial charge in [-0.25, -0.2) is 9.78 Å². The SMILES string of the molecule is CCOC(=O)c1c(-c2ccc(C)cc2)csc1NC(=O)Cc1cn2ccccc2n1. The molecule has 0 aliphatic rings. The number of rotatable bonds is 6. The first-order valence-corrected chi connectivity index (χ1v) is 10.5. The number of esters is 1. The zero-order valence-corrected chi connectivity index (χ0v) is 17.5. The van der Waals surface area contributed by atoms with Gasteiger partial charge < -0.3 is 14.5 Å². The summed E-state index contributed by atoms with van der Waals surface area (Å²) >= 11 is 1.31. The lowest BCUT2D eigenvalue weighted by Gasteiger charge is -2.09. The van der Waals surface area contributed by atoms with Crippen molar-refractivity contribution in [3.63, 3.8) is 0 Å². The lowest BCUT2D eigenvalue weighted by molar-refractivity contribution is -0.115. The fraction of sp³-hybridized carbons (Fsp3) is 0.174. The Morgan fingerprint density at radius 2 is 1.97 bits per heavy atom. The van der Waals surface area contributed by atoms with E-state index in [1.54, 1.807) is 6.92 Å². The maximum absolute atomic E-state index is 12.7. The average Bonchev–Trinajstić information content (AvgIpc) is 3.32. The predicted molar refractivity (Wildman–Crippen MR) is 118 cm³/mol. The van der Waals surface area contributed by atoms with Gasteiger partial charge in [-0.05, 0) is 31.5 Å². The van der Waals surface area contributed by atoms with Crippen molar-refractivity contribution in [1.82, 2.24) is 9.38 Å². The van der Waals surface area contributed by atoms with Crippen LogP contribution < -0.4 is 5.32 Å². The molecule has 3 heterocycles. The molecule has 0 saturated heterocycles. The number of aryl methyl sites for hydroxylation is 1. The minimum Gasteiger partial charge on any atom is -0.462 e. The van der Waals surface area contributed by atoms with Crippen LogP contribution in [0.3, 0.4) is 0 Å². The number of carbonyl (C=O) groups excluding carboxylic acids is 2. The highest BCUT2D eigenvalue weighted by Crippen LogP contribution is 2.36. The van der Waals surface area contributed by atoms with Gasteiger partial charge >= 0.3 is 5.97 Å². The molecule has 6 nitrogen and oxygen atoms in total. The average molecular weight is 420 g/mol. The molecule has 152 valence electrons. The maximum atomic E-state index is 12.7. The van der Waals surface area contributed by atoms with Gasteiger partial charge in [0.1, 0.15) is 16.2 Å². The summed E-state index contributed by atoms with van der Waals surface area (Å²) in [6.45, 7) is 4.03. The summed E-state index contributed by atoms with van der Waals surface area (Å²) in [5.41, 5.74) is 4.61. The number of ether oxygens (including phenoxy) is 1. The van der Waals surface area contributed by atoms with Crippen molar-refractivity contribution in [3.8, 4) is 11.1 Å². The number of nitrogens with zero attached hydrogens (tertiary/aromatic N) is 2. The van der Waals surface area contributed by atoms with Crippen molar-refractivity contribution < 1.29 is 14.3 Å². The number of hydrogen-bond donors (Lipinski definition) is 1. The van der Waals surface area contributed by atoms with Crippen LogP contribution in [0, 0.1) is 6.92 Å². The molecule has 30 heavy (non-hydrogen) atoms. The van der Waals surface area contributed by atoms with Gasteiger partial charge in [0.15, 0.2) is 0 Å². The van der Waals surface area contributed by atoms with Gasteiger partial charge in [-0.15, -0.1) is 11.3 Å². The predicted octanol–water partition coefficient (Wildman–Crippen LogP) is 4.73. The number of thiophene rings is 1. The minimum absolute atomic E-state index is 0.113. The number of benzene rings is 1. The molecule has 0 aliphatic heterocycles. The van der Waals surface area contributed by atoms with Crippen molar-refractivity contribution in [2.24, 2.45) is 0 Å². The Morgan fingerprint density at radius 1 is 1.17 bits per heavy atom. The summed E-state index contributed by atoms with van der Waals surface area (Å²) in [6.07, 6.45) is 3.82. The van der Waals surface area contributed by atoms with E-state index in [1.807, 2.05) is 71.6 Å². The summed E-state index contributed by atoms with van der Waals surface area (Å²) < 4.78 is 7.12. The fourth-order valence-corrected chi connectivity index (χ4v) is 4.18. The number of fused-ring (bicyclic) bond motifs is 1. The molecule has 4 rings (SSSR count). The fourth-order valence-electron chi connectivity index (χ4n) is 3.21. The van der Waals surface area contributed by atoms with E-state index >= 15 is 0 Å². The van der Waals surface area contributed by atoms with Crippen LogP contribution in [-0.2, 0) is 16.0 Å². The van der Waals surface area contributed by atoms with Gasteiger partial charge in [0.2, 0.25) is 5.91 Å². The summed E-state index contributed by atoms with van der Waals surface area (Å²) in [4.78, 5) is 29.8. The Bertz CT molecular complexity index is 1180. The third-order valence-corrected chi connectivity index (χ3v) is 5.54. The van der Waals surface area contributed by atoms with Crippen LogP contribution >= 0.6 is 11.3 Å². The minimum atomic E-state index is -0.447. The Kier molecular flexibility index (Phi) is 5.63. The molecule has 0 fully saturated rings. The highest BCUT2D eigenvalue weighted by atomic mass is 32.1. The number of amides is 1. The van der Waals surface area contributed by atoms with E-state index in [4.69, 9.17) is 4.74 Å². The quantitative estimate of drug-likeness (QED) is 0.459. The Balaban J connectivity index is 1.60.